The number of amides is 1. The van der Waals surface area contributed by atoms with E-state index in [4.69, 9.17) is 4.74 Å². The molecule has 0 saturated carbocycles. The first-order valence-corrected chi connectivity index (χ1v) is 24.7. The number of carbonyl (C=O) groups is 2. The highest BCUT2D eigenvalue weighted by Gasteiger charge is 2.24. The van der Waals surface area contributed by atoms with Gasteiger partial charge in [-0.3, -0.25) is 9.59 Å². The van der Waals surface area contributed by atoms with Gasteiger partial charge in [-0.05, 0) is 83.5 Å². The third-order valence-corrected chi connectivity index (χ3v) is 10.8. The van der Waals surface area contributed by atoms with Crippen molar-refractivity contribution in [1.29, 1.82) is 0 Å². The lowest BCUT2D eigenvalue weighted by atomic mass is 10.0. The molecule has 0 aromatic carbocycles. The van der Waals surface area contributed by atoms with Crippen molar-refractivity contribution >= 4 is 11.9 Å². The van der Waals surface area contributed by atoms with E-state index in [2.05, 4.69) is 99.0 Å². The Morgan fingerprint density at radius 1 is 0.525 bits per heavy atom. The molecule has 0 aromatic rings. The maximum Gasteiger partial charge on any atom is 0.306 e. The van der Waals surface area contributed by atoms with E-state index in [0.717, 1.165) is 89.9 Å². The smallest absolute Gasteiger partial charge is 0.306 e. The molecule has 3 N–H and O–H groups in total. The largest absolute Gasteiger partial charge is 0.462 e. The molecule has 340 valence electrons. The van der Waals surface area contributed by atoms with Crippen molar-refractivity contribution in [3.8, 4) is 0 Å². The van der Waals surface area contributed by atoms with Crippen LogP contribution < -0.4 is 5.32 Å². The number of esters is 1. The molecule has 0 aliphatic heterocycles. The van der Waals surface area contributed by atoms with Crippen LogP contribution in [-0.4, -0.2) is 46.9 Å². The van der Waals surface area contributed by atoms with Gasteiger partial charge < -0.3 is 20.3 Å². The molecule has 0 heterocycles. The Hall–Kier alpha value is -2.70. The number of aliphatic hydroxyl groups is 2. The fraction of sp³-hybridized carbons (Fsp3) is 0.736. The van der Waals surface area contributed by atoms with Gasteiger partial charge in [0.1, 0.15) is 6.10 Å². The van der Waals surface area contributed by atoms with E-state index in [9.17, 15) is 19.8 Å². The topological polar surface area (TPSA) is 95.9 Å². The number of unbranched alkanes of at least 4 members (excludes halogenated alkanes) is 20. The van der Waals surface area contributed by atoms with Gasteiger partial charge in [0.2, 0.25) is 5.91 Å². The Bertz CT molecular complexity index is 1110. The fourth-order valence-corrected chi connectivity index (χ4v) is 7.06. The summed E-state index contributed by atoms with van der Waals surface area (Å²) in [6, 6.07) is -0.726. The highest BCUT2D eigenvalue weighted by Crippen LogP contribution is 2.16. The van der Waals surface area contributed by atoms with Gasteiger partial charge in [0.15, 0.2) is 0 Å². The first kappa shape index (κ1) is 56.3. The molecular formula is C53H93NO5. The molecule has 3 atom stereocenters. The van der Waals surface area contributed by atoms with Crippen LogP contribution in [0.1, 0.15) is 226 Å². The van der Waals surface area contributed by atoms with E-state index in [0.29, 0.717) is 19.3 Å². The number of rotatable bonds is 43. The Kier molecular flexibility index (Phi) is 44.2. The molecule has 1 amide bonds. The van der Waals surface area contributed by atoms with Gasteiger partial charge >= 0.3 is 5.97 Å². The lowest BCUT2D eigenvalue weighted by molar-refractivity contribution is -0.151. The predicted molar refractivity (Wildman–Crippen MR) is 255 cm³/mol. The molecule has 0 saturated heterocycles. The first-order valence-electron chi connectivity index (χ1n) is 24.7. The van der Waals surface area contributed by atoms with E-state index in [-0.39, 0.29) is 24.9 Å². The molecule has 0 rings (SSSR count). The second-order valence-corrected chi connectivity index (χ2v) is 16.5. The summed E-state index contributed by atoms with van der Waals surface area (Å²) in [6.07, 6.45) is 58.2. The van der Waals surface area contributed by atoms with Gasteiger partial charge in [0.05, 0.1) is 25.2 Å². The minimum Gasteiger partial charge on any atom is -0.462 e. The highest BCUT2D eigenvalue weighted by atomic mass is 16.5. The zero-order valence-electron chi connectivity index (χ0n) is 38.6. The first-order chi connectivity index (χ1) is 29.0. The average Bonchev–Trinajstić information content (AvgIpc) is 3.23. The second kappa shape index (κ2) is 46.4. The lowest BCUT2D eigenvalue weighted by Gasteiger charge is -2.24. The summed E-state index contributed by atoms with van der Waals surface area (Å²) in [5, 5.41) is 23.6. The molecule has 6 nitrogen and oxygen atoms in total. The summed E-state index contributed by atoms with van der Waals surface area (Å²) < 4.78 is 5.88. The lowest BCUT2D eigenvalue weighted by Crippen LogP contribution is -2.46. The molecule has 3 unspecified atom stereocenters. The zero-order valence-corrected chi connectivity index (χ0v) is 38.6. The quantitative estimate of drug-likeness (QED) is 0.0246. The summed E-state index contributed by atoms with van der Waals surface area (Å²) in [7, 11) is 0. The number of hydrogen-bond acceptors (Lipinski definition) is 5. The van der Waals surface area contributed by atoms with E-state index < -0.39 is 18.2 Å². The fourth-order valence-electron chi connectivity index (χ4n) is 7.06. The summed E-state index contributed by atoms with van der Waals surface area (Å²) >= 11 is 0. The van der Waals surface area contributed by atoms with Crippen LogP contribution in [-0.2, 0) is 14.3 Å². The van der Waals surface area contributed by atoms with Crippen LogP contribution in [0.4, 0.5) is 0 Å². The van der Waals surface area contributed by atoms with Crippen LogP contribution in [0, 0.1) is 0 Å². The van der Waals surface area contributed by atoms with Gasteiger partial charge in [-0.2, -0.15) is 0 Å². The molecular weight excluding hydrogens is 731 g/mol. The molecule has 0 fully saturated rings. The number of hydrogen-bond donors (Lipinski definition) is 3. The highest BCUT2D eigenvalue weighted by molar-refractivity contribution is 5.77. The molecule has 0 aliphatic carbocycles. The number of ether oxygens (including phenoxy) is 1. The average molecular weight is 824 g/mol. The van der Waals surface area contributed by atoms with Crippen molar-refractivity contribution in [2.75, 3.05) is 6.61 Å². The monoisotopic (exact) mass is 824 g/mol. The predicted octanol–water partition coefficient (Wildman–Crippen LogP) is 14.6. The van der Waals surface area contributed by atoms with Gasteiger partial charge in [-0.25, -0.2) is 0 Å². The van der Waals surface area contributed by atoms with E-state index in [1.165, 1.54) is 89.9 Å². The molecule has 0 aromatic heterocycles. The van der Waals surface area contributed by atoms with Crippen molar-refractivity contribution in [2.24, 2.45) is 0 Å². The zero-order chi connectivity index (χ0) is 43.1. The molecule has 0 bridgehead atoms. The Morgan fingerprint density at radius 2 is 0.983 bits per heavy atom. The summed E-state index contributed by atoms with van der Waals surface area (Å²) in [4.78, 5) is 26.1. The Labute approximate surface area is 364 Å². The number of carbonyl (C=O) groups excluding carboxylic acids is 2. The maximum absolute atomic E-state index is 13.2. The third kappa shape index (κ3) is 41.8. The van der Waals surface area contributed by atoms with Gasteiger partial charge in [0, 0.05) is 6.42 Å². The summed E-state index contributed by atoms with van der Waals surface area (Å²) in [6.45, 7) is 6.32. The number of nitrogens with one attached hydrogen (secondary N) is 1. The standard InChI is InChI=1S/C53H93NO5/c1-4-7-10-13-16-19-22-24-26-27-29-31-34-37-40-43-46-53(58)59-49(44-41-38-35-32-30-28-25-23-20-17-14-11-8-5-2)47-52(57)54-50(48-55)51(56)45-42-39-36-33-21-18-15-12-9-6-3/h8,11,17,20,25-29,31-32,35,49-51,55-56H,4-7,9-10,12-16,18-19,21-24,30,33-34,36-48H2,1-3H3,(H,54,57)/b11-8+,20-17+,27-26+,28-25+,31-29+,35-32+. The van der Waals surface area contributed by atoms with Crippen LogP contribution in [0.5, 0.6) is 0 Å². The van der Waals surface area contributed by atoms with Gasteiger partial charge in [-0.1, -0.05) is 203 Å². The van der Waals surface area contributed by atoms with Crippen molar-refractivity contribution in [1.82, 2.24) is 5.32 Å². The van der Waals surface area contributed by atoms with Crippen molar-refractivity contribution in [2.45, 2.75) is 244 Å². The van der Waals surface area contributed by atoms with Crippen LogP contribution in [0.15, 0.2) is 72.9 Å². The van der Waals surface area contributed by atoms with Crippen LogP contribution in [0.3, 0.4) is 0 Å². The van der Waals surface area contributed by atoms with E-state index >= 15 is 0 Å². The normalized spacial score (nSPS) is 13.9. The molecule has 6 heteroatoms. The Morgan fingerprint density at radius 3 is 1.51 bits per heavy atom. The SMILES string of the molecule is CC/C=C/C/C=C/C/C=C/C/C=C/CCCC(CC(=O)NC(CO)C(O)CCCCCCCCCCCC)OC(=O)CCCCC/C=C/C=C/CCCCCCCCC. The van der Waals surface area contributed by atoms with Crippen LogP contribution >= 0.6 is 0 Å². The van der Waals surface area contributed by atoms with Crippen molar-refractivity contribution < 1.29 is 24.5 Å². The third-order valence-electron chi connectivity index (χ3n) is 10.8. The molecule has 0 radical (unpaired) electrons. The number of allylic oxidation sites excluding steroid dienone is 12. The van der Waals surface area contributed by atoms with Crippen molar-refractivity contribution in [3.63, 3.8) is 0 Å². The van der Waals surface area contributed by atoms with E-state index in [1.54, 1.807) is 0 Å². The van der Waals surface area contributed by atoms with E-state index in [1.807, 2.05) is 0 Å². The molecule has 0 aliphatic rings. The second-order valence-electron chi connectivity index (χ2n) is 16.5. The maximum atomic E-state index is 13.2. The minimum absolute atomic E-state index is 0.0265. The summed E-state index contributed by atoms with van der Waals surface area (Å²) in [5.74, 6) is -0.564. The summed E-state index contributed by atoms with van der Waals surface area (Å²) in [5.41, 5.74) is 0. The molecule has 59 heavy (non-hydrogen) atoms. The van der Waals surface area contributed by atoms with Gasteiger partial charge in [-0.15, -0.1) is 0 Å². The Balaban J connectivity index is 4.73. The van der Waals surface area contributed by atoms with Gasteiger partial charge in [0.25, 0.3) is 0 Å². The van der Waals surface area contributed by atoms with Crippen LogP contribution in [0.25, 0.3) is 0 Å². The molecule has 0 spiro atoms. The minimum atomic E-state index is -0.807. The van der Waals surface area contributed by atoms with Crippen LogP contribution in [0.2, 0.25) is 0 Å². The van der Waals surface area contributed by atoms with Crippen molar-refractivity contribution in [3.05, 3.63) is 72.9 Å². The number of aliphatic hydroxyl groups excluding tert-OH is 2.